The second kappa shape index (κ2) is 6.30. The normalized spacial score (nSPS) is 22.6. The van der Waals surface area contributed by atoms with E-state index in [1.807, 2.05) is 41.3 Å². The third kappa shape index (κ3) is 2.84. The van der Waals surface area contributed by atoms with E-state index < -0.39 is 0 Å². The van der Waals surface area contributed by atoms with Crippen molar-refractivity contribution in [1.82, 2.24) is 4.90 Å². The lowest BCUT2D eigenvalue weighted by atomic mass is 9.99. The predicted octanol–water partition coefficient (Wildman–Crippen LogP) is 3.21. The highest BCUT2D eigenvalue weighted by atomic mass is 16.7. The average molecular weight is 311 g/mol. The van der Waals surface area contributed by atoms with Crippen LogP contribution in [0.4, 0.5) is 0 Å². The molecule has 2 aromatic rings. The van der Waals surface area contributed by atoms with Gasteiger partial charge in [0.15, 0.2) is 6.29 Å². The van der Waals surface area contributed by atoms with Gasteiger partial charge in [-0.1, -0.05) is 30.3 Å². The van der Waals surface area contributed by atoms with Crippen molar-refractivity contribution in [2.24, 2.45) is 0 Å². The fraction of sp³-hybridized carbons (Fsp3) is 0.421. The van der Waals surface area contributed by atoms with E-state index in [4.69, 9.17) is 9.47 Å². The largest absolute Gasteiger partial charge is 0.348 e. The Balaban J connectivity index is 1.62. The summed E-state index contributed by atoms with van der Waals surface area (Å²) in [6.45, 7) is 2.03. The van der Waals surface area contributed by atoms with Crippen molar-refractivity contribution in [2.45, 2.75) is 31.6 Å². The van der Waals surface area contributed by atoms with Gasteiger partial charge < -0.3 is 14.4 Å². The standard InChI is InChI=1S/C19H21NO3/c21-18(16-9-8-14-5-1-2-6-15(14)13-16)20-10-4-3-7-17(20)19-22-11-12-23-19/h1-2,5-6,8-9,13,17,19H,3-4,7,10-12H2. The van der Waals surface area contributed by atoms with Crippen LogP contribution in [0.3, 0.4) is 0 Å². The summed E-state index contributed by atoms with van der Waals surface area (Å²) in [5.74, 6) is 0.0829. The van der Waals surface area contributed by atoms with Crippen molar-refractivity contribution >= 4 is 16.7 Å². The predicted molar refractivity (Wildman–Crippen MR) is 88.3 cm³/mol. The highest BCUT2D eigenvalue weighted by Crippen LogP contribution is 2.27. The molecule has 0 bridgehead atoms. The molecule has 4 rings (SSSR count). The van der Waals surface area contributed by atoms with Crippen LogP contribution in [-0.2, 0) is 9.47 Å². The summed E-state index contributed by atoms with van der Waals surface area (Å²) < 4.78 is 11.3. The number of hydrogen-bond acceptors (Lipinski definition) is 3. The zero-order valence-electron chi connectivity index (χ0n) is 13.1. The second-order valence-corrected chi connectivity index (χ2v) is 6.23. The van der Waals surface area contributed by atoms with Gasteiger partial charge in [0.2, 0.25) is 0 Å². The van der Waals surface area contributed by atoms with E-state index in [1.54, 1.807) is 0 Å². The minimum Gasteiger partial charge on any atom is -0.348 e. The molecule has 2 aliphatic rings. The van der Waals surface area contributed by atoms with Gasteiger partial charge in [0.1, 0.15) is 0 Å². The first-order chi connectivity index (χ1) is 11.3. The highest BCUT2D eigenvalue weighted by molar-refractivity contribution is 5.98. The maximum Gasteiger partial charge on any atom is 0.254 e. The van der Waals surface area contributed by atoms with Gasteiger partial charge in [0.25, 0.3) is 5.91 Å². The van der Waals surface area contributed by atoms with Crippen molar-refractivity contribution in [3.05, 3.63) is 48.0 Å². The molecular formula is C19H21NO3. The van der Waals surface area contributed by atoms with Crippen LogP contribution in [-0.4, -0.2) is 42.9 Å². The van der Waals surface area contributed by atoms with Crippen LogP contribution < -0.4 is 0 Å². The lowest BCUT2D eigenvalue weighted by molar-refractivity contribution is -0.100. The Bertz CT molecular complexity index is 709. The van der Waals surface area contributed by atoms with Crippen molar-refractivity contribution < 1.29 is 14.3 Å². The molecule has 0 radical (unpaired) electrons. The number of hydrogen-bond donors (Lipinski definition) is 0. The SMILES string of the molecule is O=C(c1ccc2ccccc2c1)N1CCCCC1C1OCCO1. The molecule has 2 saturated heterocycles. The zero-order chi connectivity index (χ0) is 15.6. The van der Waals surface area contributed by atoms with Crippen LogP contribution in [0.15, 0.2) is 42.5 Å². The lowest BCUT2D eigenvalue weighted by Crippen LogP contribution is -2.50. The van der Waals surface area contributed by atoms with E-state index in [0.29, 0.717) is 13.2 Å². The quantitative estimate of drug-likeness (QED) is 0.855. The van der Waals surface area contributed by atoms with Crippen molar-refractivity contribution in [1.29, 1.82) is 0 Å². The minimum absolute atomic E-state index is 0.0326. The number of piperidine rings is 1. The second-order valence-electron chi connectivity index (χ2n) is 6.23. The summed E-state index contributed by atoms with van der Waals surface area (Å²) in [6, 6.07) is 14.1. The molecule has 23 heavy (non-hydrogen) atoms. The number of benzene rings is 2. The Morgan fingerprint density at radius 1 is 1.00 bits per heavy atom. The van der Waals surface area contributed by atoms with E-state index >= 15 is 0 Å². The number of ether oxygens (including phenoxy) is 2. The summed E-state index contributed by atoms with van der Waals surface area (Å²) in [7, 11) is 0. The van der Waals surface area contributed by atoms with E-state index in [-0.39, 0.29) is 18.2 Å². The summed E-state index contributed by atoms with van der Waals surface area (Å²) in [5, 5.41) is 2.25. The Hall–Kier alpha value is -1.91. The molecule has 0 spiro atoms. The number of rotatable bonds is 2. The topological polar surface area (TPSA) is 38.8 Å². The third-order valence-corrected chi connectivity index (χ3v) is 4.77. The van der Waals surface area contributed by atoms with Gasteiger partial charge in [-0.25, -0.2) is 0 Å². The van der Waals surface area contributed by atoms with E-state index in [1.165, 1.54) is 0 Å². The summed E-state index contributed by atoms with van der Waals surface area (Å²) in [6.07, 6.45) is 2.85. The molecule has 2 fully saturated rings. The molecule has 0 N–H and O–H groups in total. The first-order valence-electron chi connectivity index (χ1n) is 8.36. The minimum atomic E-state index is -0.264. The van der Waals surface area contributed by atoms with Crippen LogP contribution in [0, 0.1) is 0 Å². The molecule has 0 saturated carbocycles. The molecule has 0 aliphatic carbocycles. The van der Waals surface area contributed by atoms with Crippen LogP contribution in [0.25, 0.3) is 10.8 Å². The van der Waals surface area contributed by atoms with Crippen LogP contribution >= 0.6 is 0 Å². The van der Waals surface area contributed by atoms with Gasteiger partial charge in [-0.3, -0.25) is 4.79 Å². The molecule has 1 amide bonds. The Morgan fingerprint density at radius 2 is 1.78 bits per heavy atom. The number of carbonyl (C=O) groups is 1. The monoisotopic (exact) mass is 311 g/mol. The fourth-order valence-electron chi connectivity index (χ4n) is 3.58. The van der Waals surface area contributed by atoms with Crippen molar-refractivity contribution in [3.8, 4) is 0 Å². The first kappa shape index (κ1) is 14.7. The Labute approximate surface area is 136 Å². The number of fused-ring (bicyclic) bond motifs is 1. The molecule has 2 heterocycles. The number of amides is 1. The number of carbonyl (C=O) groups excluding carboxylic acids is 1. The molecule has 2 aromatic carbocycles. The summed E-state index contributed by atoms with van der Waals surface area (Å²) in [4.78, 5) is 15.0. The van der Waals surface area contributed by atoms with Gasteiger partial charge in [-0.15, -0.1) is 0 Å². The van der Waals surface area contributed by atoms with E-state index in [2.05, 4.69) is 6.07 Å². The van der Waals surface area contributed by atoms with Gasteiger partial charge in [-0.2, -0.15) is 0 Å². The maximum absolute atomic E-state index is 13.0. The first-order valence-corrected chi connectivity index (χ1v) is 8.36. The van der Waals surface area contributed by atoms with Gasteiger partial charge >= 0.3 is 0 Å². The van der Waals surface area contributed by atoms with E-state index in [9.17, 15) is 4.79 Å². The molecule has 0 aromatic heterocycles. The number of nitrogens with zero attached hydrogens (tertiary/aromatic N) is 1. The molecule has 120 valence electrons. The fourth-order valence-corrected chi connectivity index (χ4v) is 3.58. The molecule has 4 nitrogen and oxygen atoms in total. The lowest BCUT2D eigenvalue weighted by Gasteiger charge is -2.38. The maximum atomic E-state index is 13.0. The molecular weight excluding hydrogens is 290 g/mol. The van der Waals surface area contributed by atoms with Crippen LogP contribution in [0.1, 0.15) is 29.6 Å². The van der Waals surface area contributed by atoms with Gasteiger partial charge in [-0.05, 0) is 42.2 Å². The smallest absolute Gasteiger partial charge is 0.254 e. The average Bonchev–Trinajstić information content (AvgIpc) is 3.15. The van der Waals surface area contributed by atoms with Crippen LogP contribution in [0.5, 0.6) is 0 Å². The zero-order valence-corrected chi connectivity index (χ0v) is 13.1. The Kier molecular flexibility index (Phi) is 4.02. The molecule has 2 aliphatic heterocycles. The van der Waals surface area contributed by atoms with Crippen molar-refractivity contribution in [2.75, 3.05) is 19.8 Å². The number of likely N-dealkylation sites (tertiary alicyclic amines) is 1. The van der Waals surface area contributed by atoms with Gasteiger partial charge in [0.05, 0.1) is 19.3 Å². The molecule has 1 unspecified atom stereocenters. The van der Waals surface area contributed by atoms with Crippen molar-refractivity contribution in [3.63, 3.8) is 0 Å². The van der Waals surface area contributed by atoms with E-state index in [0.717, 1.165) is 42.1 Å². The van der Waals surface area contributed by atoms with Gasteiger partial charge in [0, 0.05) is 12.1 Å². The van der Waals surface area contributed by atoms with Crippen LogP contribution in [0.2, 0.25) is 0 Å². The highest BCUT2D eigenvalue weighted by Gasteiger charge is 2.36. The third-order valence-electron chi connectivity index (χ3n) is 4.77. The molecule has 4 heteroatoms. The molecule has 1 atom stereocenters. The summed E-state index contributed by atoms with van der Waals surface area (Å²) in [5.41, 5.74) is 0.744. The Morgan fingerprint density at radius 3 is 2.61 bits per heavy atom. The summed E-state index contributed by atoms with van der Waals surface area (Å²) >= 11 is 0.